The second kappa shape index (κ2) is 6.99. The van der Waals surface area contributed by atoms with E-state index in [2.05, 4.69) is 42.1 Å². The van der Waals surface area contributed by atoms with Crippen LogP contribution in [0.2, 0.25) is 0 Å². The van der Waals surface area contributed by atoms with E-state index in [0.717, 1.165) is 24.2 Å². The van der Waals surface area contributed by atoms with Gasteiger partial charge >= 0.3 is 0 Å². The van der Waals surface area contributed by atoms with Gasteiger partial charge in [-0.2, -0.15) is 15.0 Å². The molecule has 2 aromatic carbocycles. The molecule has 0 aliphatic carbocycles. The highest BCUT2D eigenvalue weighted by atomic mass is 35.5. The first-order valence-corrected chi connectivity index (χ1v) is 10.8. The van der Waals surface area contributed by atoms with Crippen LogP contribution in [0.4, 0.5) is 11.4 Å². The molecule has 0 saturated carbocycles. The van der Waals surface area contributed by atoms with Crippen LogP contribution < -0.4 is 9.32 Å². The molecule has 1 fully saturated rings. The van der Waals surface area contributed by atoms with Gasteiger partial charge in [-0.05, 0) is 51.0 Å². The van der Waals surface area contributed by atoms with Crippen LogP contribution in [-0.2, 0) is 0 Å². The number of amides is 1. The summed E-state index contributed by atoms with van der Waals surface area (Å²) < 4.78 is 1.80. The number of likely N-dealkylation sites (tertiary alicyclic amines) is 1. The molecule has 2 aliphatic heterocycles. The summed E-state index contributed by atoms with van der Waals surface area (Å²) in [6, 6.07) is 15.6. The Hall–Kier alpha value is -3.06. The third-order valence-corrected chi connectivity index (χ3v) is 7.68. The molecule has 1 amide bonds. The smallest absolute Gasteiger partial charge is 0.256 e. The molecule has 0 bridgehead atoms. The number of fused-ring (bicyclic) bond motifs is 1. The van der Waals surface area contributed by atoms with E-state index in [0.29, 0.717) is 17.8 Å². The van der Waals surface area contributed by atoms with E-state index in [1.807, 2.05) is 47.4 Å². The predicted octanol–water partition coefficient (Wildman–Crippen LogP) is 4.09. The molecule has 3 aromatic rings. The van der Waals surface area contributed by atoms with E-state index < -0.39 is 11.2 Å². The fourth-order valence-electron chi connectivity index (χ4n) is 5.18. The number of para-hydroxylation sites is 3. The normalized spacial score (nSPS) is 25.2. The largest absolute Gasteiger partial charge is 0.347 e. The van der Waals surface area contributed by atoms with Crippen molar-refractivity contribution in [2.75, 3.05) is 22.9 Å². The van der Waals surface area contributed by atoms with Crippen molar-refractivity contribution in [2.45, 2.75) is 37.9 Å². The van der Waals surface area contributed by atoms with Crippen LogP contribution >= 0.6 is 11.8 Å². The number of hydrogen-bond acceptors (Lipinski definition) is 5. The average Bonchev–Trinajstić information content (AvgIpc) is 3.51. The number of hydrogen-bond donors (Lipinski definition) is 0. The molecule has 1 saturated heterocycles. The summed E-state index contributed by atoms with van der Waals surface area (Å²) in [4.78, 5) is 19.6. The zero-order chi connectivity index (χ0) is 21.8. The molecule has 1 aromatic heterocycles. The first-order valence-electron chi connectivity index (χ1n) is 10.5. The minimum atomic E-state index is -0.622. The molecule has 31 heavy (non-hydrogen) atoms. The summed E-state index contributed by atoms with van der Waals surface area (Å²) in [5.41, 5.74) is 2.11. The zero-order valence-electron chi connectivity index (χ0n) is 17.9. The lowest BCUT2D eigenvalue weighted by Crippen LogP contribution is -2.70. The number of carbonyl (C=O) groups is 1. The minimum absolute atomic E-state index is 0.0384. The molecule has 3 heterocycles. The first-order chi connectivity index (χ1) is 14.9. The maximum atomic E-state index is 13.9. The monoisotopic (exact) mass is 436 g/mol. The number of nitrogens with zero attached hydrogens (tertiary/aromatic N) is 6. The number of benzene rings is 2. The molecular formula is C23H25ClN6O. The van der Waals surface area contributed by atoms with E-state index in [1.54, 1.807) is 16.8 Å². The van der Waals surface area contributed by atoms with Gasteiger partial charge in [-0.15, -0.1) is 0 Å². The van der Waals surface area contributed by atoms with Gasteiger partial charge in [0.05, 0.1) is 40.6 Å². The minimum Gasteiger partial charge on any atom is -0.347 e. The van der Waals surface area contributed by atoms with Crippen LogP contribution in [0.5, 0.6) is 0 Å². The molecular weight excluding hydrogens is 412 g/mol. The molecule has 0 radical (unpaired) electrons. The quantitative estimate of drug-likeness (QED) is 0.579. The Morgan fingerprint density at radius 1 is 0.968 bits per heavy atom. The highest BCUT2D eigenvalue weighted by Crippen LogP contribution is 2.54. The summed E-state index contributed by atoms with van der Waals surface area (Å²) in [6.45, 7) is 4.93. The van der Waals surface area contributed by atoms with Crippen LogP contribution in [0.15, 0.2) is 60.9 Å². The maximum absolute atomic E-state index is 13.9. The number of carbonyl (C=O) groups excluding carboxylic acids is 1. The fourth-order valence-corrected chi connectivity index (χ4v) is 5.62. The van der Waals surface area contributed by atoms with E-state index in [-0.39, 0.29) is 5.91 Å². The molecule has 8 heteroatoms. The molecule has 7 nitrogen and oxygen atoms in total. The lowest BCUT2D eigenvalue weighted by Gasteiger charge is -2.53. The lowest BCUT2D eigenvalue weighted by atomic mass is 9.83. The van der Waals surface area contributed by atoms with Crippen molar-refractivity contribution < 1.29 is 4.79 Å². The Morgan fingerprint density at radius 3 is 2.26 bits per heavy atom. The van der Waals surface area contributed by atoms with Crippen molar-refractivity contribution in [1.82, 2.24) is 19.9 Å². The summed E-state index contributed by atoms with van der Waals surface area (Å²) >= 11 is 6.97. The van der Waals surface area contributed by atoms with Gasteiger partial charge in [-0.25, -0.2) is 0 Å². The van der Waals surface area contributed by atoms with E-state index in [9.17, 15) is 4.79 Å². The Balaban J connectivity index is 1.58. The van der Waals surface area contributed by atoms with Gasteiger partial charge in [0.1, 0.15) is 5.66 Å². The van der Waals surface area contributed by atoms with Crippen LogP contribution in [0.1, 0.15) is 37.0 Å². The van der Waals surface area contributed by atoms with Crippen LogP contribution in [0, 0.1) is 0 Å². The first kappa shape index (κ1) is 19.9. The van der Waals surface area contributed by atoms with E-state index in [4.69, 9.17) is 11.8 Å². The van der Waals surface area contributed by atoms with Gasteiger partial charge in [0.2, 0.25) is 0 Å². The number of halogens is 1. The van der Waals surface area contributed by atoms with Gasteiger partial charge < -0.3 is 9.80 Å². The Kier molecular flexibility index (Phi) is 4.48. The van der Waals surface area contributed by atoms with Crippen LogP contribution in [-0.4, -0.2) is 50.6 Å². The van der Waals surface area contributed by atoms with Crippen molar-refractivity contribution in [3.63, 3.8) is 0 Å². The van der Waals surface area contributed by atoms with Gasteiger partial charge in [-0.3, -0.25) is 9.21 Å². The van der Waals surface area contributed by atoms with Gasteiger partial charge in [0.15, 0.2) is 0 Å². The van der Waals surface area contributed by atoms with Crippen LogP contribution in [0.3, 0.4) is 0 Å². The summed E-state index contributed by atoms with van der Waals surface area (Å²) in [7, 11) is 2.05. The van der Waals surface area contributed by atoms with Crippen LogP contribution in [0.25, 0.3) is 5.69 Å². The topological polar surface area (TPSA) is 57.5 Å². The van der Waals surface area contributed by atoms with Crippen molar-refractivity contribution in [2.24, 2.45) is 0 Å². The second-order valence-corrected chi connectivity index (χ2v) is 8.86. The summed E-state index contributed by atoms with van der Waals surface area (Å²) in [5, 5.41) is 8.46. The van der Waals surface area contributed by atoms with E-state index >= 15 is 0 Å². The molecule has 0 spiro atoms. The SMILES string of the molecule is CN1c2ccccc2N(Cl)C1(C)[C@]1(C)CCCN1C(=O)c1ccccc1-n1nccn1. The van der Waals surface area contributed by atoms with Gasteiger partial charge in [-0.1, -0.05) is 24.3 Å². The molecule has 1 unspecified atom stereocenters. The van der Waals surface area contributed by atoms with Gasteiger partial charge in [0.25, 0.3) is 5.91 Å². The van der Waals surface area contributed by atoms with Crippen molar-refractivity contribution in [3.8, 4) is 5.69 Å². The van der Waals surface area contributed by atoms with Gasteiger partial charge in [0, 0.05) is 25.4 Å². The van der Waals surface area contributed by atoms with Crippen molar-refractivity contribution >= 4 is 29.1 Å². The third-order valence-electron chi connectivity index (χ3n) is 7.17. The zero-order valence-corrected chi connectivity index (χ0v) is 18.6. The standard InChI is InChI=1S/C23H25ClN6O/c1-22(23(2)27(3)19-11-6-7-12-20(19)29(23)24)13-8-16-28(22)21(31)17-9-4-5-10-18(17)30-25-14-15-26-30/h4-7,9-12,14-15H,8,13,16H2,1-3H3/t22-,23?/m0/s1. The lowest BCUT2D eigenvalue weighted by molar-refractivity contribution is 0.0466. The summed E-state index contributed by atoms with van der Waals surface area (Å²) in [6.07, 6.45) is 4.98. The highest BCUT2D eigenvalue weighted by Gasteiger charge is 2.61. The third kappa shape index (κ3) is 2.62. The Morgan fingerprint density at radius 2 is 1.58 bits per heavy atom. The molecule has 160 valence electrons. The van der Waals surface area contributed by atoms with Crippen molar-refractivity contribution in [3.05, 3.63) is 66.5 Å². The number of aromatic nitrogens is 3. The Labute approximate surface area is 186 Å². The summed E-state index contributed by atoms with van der Waals surface area (Å²) in [5.74, 6) is -0.0384. The second-order valence-electron chi connectivity index (χ2n) is 8.52. The molecule has 2 atom stereocenters. The molecule has 2 aliphatic rings. The number of anilines is 2. The maximum Gasteiger partial charge on any atom is 0.256 e. The number of likely N-dealkylation sites (N-methyl/N-ethyl adjacent to an activating group) is 1. The fraction of sp³-hybridized carbons (Fsp3) is 0.348. The number of rotatable bonds is 3. The highest BCUT2D eigenvalue weighted by molar-refractivity contribution is 6.28. The molecule has 5 rings (SSSR count). The van der Waals surface area contributed by atoms with Crippen molar-refractivity contribution in [1.29, 1.82) is 0 Å². The molecule has 0 N–H and O–H groups in total. The van der Waals surface area contributed by atoms with E-state index in [1.165, 1.54) is 4.80 Å². The Bertz CT molecular complexity index is 1100. The predicted molar refractivity (Wildman–Crippen MR) is 122 cm³/mol. The average molecular weight is 437 g/mol.